The molecule has 110 valence electrons. The first-order chi connectivity index (χ1) is 8.91. The summed E-state index contributed by atoms with van der Waals surface area (Å²) >= 11 is 0. The Morgan fingerprint density at radius 3 is 2.47 bits per heavy atom. The molecule has 0 aromatic heterocycles. The van der Waals surface area contributed by atoms with Crippen LogP contribution in [0.1, 0.15) is 46.5 Å². The van der Waals surface area contributed by atoms with Crippen molar-refractivity contribution in [2.75, 3.05) is 13.6 Å². The zero-order valence-electron chi connectivity index (χ0n) is 12.2. The normalized spacial score (nSPS) is 22.6. The van der Waals surface area contributed by atoms with Gasteiger partial charge in [-0.25, -0.2) is 4.79 Å². The number of amides is 2. The molecule has 1 atom stereocenters. The number of rotatable bonds is 5. The third-order valence-electron chi connectivity index (χ3n) is 3.93. The van der Waals surface area contributed by atoms with Crippen LogP contribution in [0.15, 0.2) is 0 Å². The zero-order valence-corrected chi connectivity index (χ0v) is 12.2. The average molecular weight is 272 g/mol. The van der Waals surface area contributed by atoms with E-state index in [1.54, 1.807) is 7.05 Å². The molecule has 0 aromatic carbocycles. The standard InChI is InChI=1S/C13H24N2O4/c1-5-8-10(16)19-11-13(6-2,7-3)9-14(4)12(17)15(11)18/h11,18H,5-9H2,1-4H3. The van der Waals surface area contributed by atoms with Crippen LogP contribution < -0.4 is 0 Å². The highest BCUT2D eigenvalue weighted by molar-refractivity contribution is 5.75. The lowest BCUT2D eigenvalue weighted by molar-refractivity contribution is -0.244. The minimum Gasteiger partial charge on any atom is -0.438 e. The molecule has 1 saturated heterocycles. The van der Waals surface area contributed by atoms with Crippen LogP contribution in [0.5, 0.6) is 0 Å². The molecule has 1 aliphatic heterocycles. The molecular weight excluding hydrogens is 248 g/mol. The second-order valence-corrected chi connectivity index (χ2v) is 5.14. The molecule has 0 spiro atoms. The zero-order chi connectivity index (χ0) is 14.6. The van der Waals surface area contributed by atoms with Crippen molar-refractivity contribution in [2.24, 2.45) is 5.41 Å². The van der Waals surface area contributed by atoms with Gasteiger partial charge in [-0.05, 0) is 19.3 Å². The quantitative estimate of drug-likeness (QED) is 0.615. The van der Waals surface area contributed by atoms with Crippen molar-refractivity contribution in [1.29, 1.82) is 0 Å². The number of esters is 1. The maximum Gasteiger partial charge on any atom is 0.346 e. The topological polar surface area (TPSA) is 70.1 Å². The highest BCUT2D eigenvalue weighted by atomic mass is 16.6. The van der Waals surface area contributed by atoms with E-state index in [4.69, 9.17) is 4.74 Å². The highest BCUT2D eigenvalue weighted by Crippen LogP contribution is 2.38. The van der Waals surface area contributed by atoms with Crippen LogP contribution in [0, 0.1) is 5.41 Å². The second kappa shape index (κ2) is 6.23. The molecule has 1 N–H and O–H groups in total. The van der Waals surface area contributed by atoms with Gasteiger partial charge in [0.1, 0.15) is 0 Å². The van der Waals surface area contributed by atoms with Crippen LogP contribution >= 0.6 is 0 Å². The Bertz CT molecular complexity index is 342. The number of carbonyl (C=O) groups is 2. The van der Waals surface area contributed by atoms with Gasteiger partial charge in [-0.1, -0.05) is 20.8 Å². The van der Waals surface area contributed by atoms with E-state index in [0.29, 0.717) is 30.9 Å². The smallest absolute Gasteiger partial charge is 0.346 e. The predicted octanol–water partition coefficient (Wildman–Crippen LogP) is 2.22. The number of nitrogens with zero attached hydrogens (tertiary/aromatic N) is 2. The van der Waals surface area contributed by atoms with Crippen molar-refractivity contribution in [1.82, 2.24) is 9.96 Å². The van der Waals surface area contributed by atoms with Gasteiger partial charge in [0.2, 0.25) is 6.23 Å². The molecule has 0 aliphatic carbocycles. The van der Waals surface area contributed by atoms with Gasteiger partial charge in [-0.2, -0.15) is 5.06 Å². The minimum absolute atomic E-state index is 0.290. The van der Waals surface area contributed by atoms with Gasteiger partial charge < -0.3 is 9.64 Å². The summed E-state index contributed by atoms with van der Waals surface area (Å²) < 4.78 is 5.35. The van der Waals surface area contributed by atoms with E-state index in [2.05, 4.69) is 0 Å². The maximum absolute atomic E-state index is 11.8. The lowest BCUT2D eigenvalue weighted by Gasteiger charge is -2.48. The van der Waals surface area contributed by atoms with Crippen molar-refractivity contribution in [2.45, 2.75) is 52.7 Å². The number of carbonyl (C=O) groups excluding carboxylic acids is 2. The first kappa shape index (κ1) is 15.8. The van der Waals surface area contributed by atoms with E-state index in [0.717, 1.165) is 0 Å². The summed E-state index contributed by atoms with van der Waals surface area (Å²) in [7, 11) is 1.63. The molecule has 1 rings (SSSR count). The first-order valence-corrected chi connectivity index (χ1v) is 6.84. The van der Waals surface area contributed by atoms with Gasteiger partial charge in [0.15, 0.2) is 0 Å². The first-order valence-electron chi connectivity index (χ1n) is 6.84. The Morgan fingerprint density at radius 1 is 1.42 bits per heavy atom. The molecule has 1 fully saturated rings. The van der Waals surface area contributed by atoms with Gasteiger partial charge in [-0.3, -0.25) is 10.0 Å². The summed E-state index contributed by atoms with van der Waals surface area (Å²) in [6, 6.07) is -0.535. The fourth-order valence-electron chi connectivity index (χ4n) is 2.54. The molecule has 0 aromatic rings. The summed E-state index contributed by atoms with van der Waals surface area (Å²) in [6.07, 6.45) is 1.49. The number of hydrogen-bond acceptors (Lipinski definition) is 4. The molecular formula is C13H24N2O4. The molecule has 6 heteroatoms. The van der Waals surface area contributed by atoms with Gasteiger partial charge >= 0.3 is 12.0 Å². The van der Waals surface area contributed by atoms with E-state index in [1.807, 2.05) is 20.8 Å². The molecule has 6 nitrogen and oxygen atoms in total. The van der Waals surface area contributed by atoms with Crippen molar-refractivity contribution in [3.63, 3.8) is 0 Å². The van der Waals surface area contributed by atoms with Crippen LogP contribution in [-0.4, -0.2) is 47.0 Å². The minimum atomic E-state index is -0.898. The van der Waals surface area contributed by atoms with Gasteiger partial charge in [0.25, 0.3) is 0 Å². The molecule has 0 saturated carbocycles. The molecule has 1 unspecified atom stereocenters. The van der Waals surface area contributed by atoms with E-state index in [9.17, 15) is 14.8 Å². The SMILES string of the molecule is CCCC(=O)OC1N(O)C(=O)N(C)CC1(CC)CC. The van der Waals surface area contributed by atoms with Crippen molar-refractivity contribution < 1.29 is 19.5 Å². The Labute approximate surface area is 114 Å². The molecule has 1 aliphatic rings. The van der Waals surface area contributed by atoms with Crippen molar-refractivity contribution in [3.8, 4) is 0 Å². The number of hydroxylamine groups is 2. The fraction of sp³-hybridized carbons (Fsp3) is 0.846. The van der Waals surface area contributed by atoms with E-state index >= 15 is 0 Å². The third kappa shape index (κ3) is 3.00. The summed E-state index contributed by atoms with van der Waals surface area (Å²) in [4.78, 5) is 24.9. The Balaban J connectivity index is 2.98. The Morgan fingerprint density at radius 2 is 2.00 bits per heavy atom. The molecule has 0 radical (unpaired) electrons. The van der Waals surface area contributed by atoms with Crippen LogP contribution in [0.2, 0.25) is 0 Å². The maximum atomic E-state index is 11.8. The Hall–Kier alpha value is -1.30. The molecule has 1 heterocycles. The lowest BCUT2D eigenvalue weighted by Crippen LogP contribution is -2.63. The average Bonchev–Trinajstić information content (AvgIpc) is 2.40. The van der Waals surface area contributed by atoms with Gasteiger partial charge in [-0.15, -0.1) is 0 Å². The Kier molecular flexibility index (Phi) is 5.17. The van der Waals surface area contributed by atoms with Gasteiger partial charge in [0, 0.05) is 25.4 Å². The van der Waals surface area contributed by atoms with Gasteiger partial charge in [0.05, 0.1) is 0 Å². The summed E-state index contributed by atoms with van der Waals surface area (Å²) in [5, 5.41) is 10.5. The monoisotopic (exact) mass is 272 g/mol. The fourth-order valence-corrected chi connectivity index (χ4v) is 2.54. The predicted molar refractivity (Wildman–Crippen MR) is 69.5 cm³/mol. The van der Waals surface area contributed by atoms with Crippen molar-refractivity contribution >= 4 is 12.0 Å². The third-order valence-corrected chi connectivity index (χ3v) is 3.93. The second-order valence-electron chi connectivity index (χ2n) is 5.14. The molecule has 2 amide bonds. The number of hydrogen-bond donors (Lipinski definition) is 1. The number of ether oxygens (including phenoxy) is 1. The number of urea groups is 1. The van der Waals surface area contributed by atoms with Crippen molar-refractivity contribution in [3.05, 3.63) is 0 Å². The summed E-state index contributed by atoms with van der Waals surface area (Å²) in [5.74, 6) is -0.379. The molecule has 0 bridgehead atoms. The van der Waals surface area contributed by atoms with Crippen LogP contribution in [0.4, 0.5) is 4.79 Å². The van der Waals surface area contributed by atoms with Crippen LogP contribution in [-0.2, 0) is 9.53 Å². The lowest BCUT2D eigenvalue weighted by atomic mass is 9.78. The van der Waals surface area contributed by atoms with E-state index in [1.165, 1.54) is 4.90 Å². The van der Waals surface area contributed by atoms with Crippen LogP contribution in [0.3, 0.4) is 0 Å². The molecule has 19 heavy (non-hydrogen) atoms. The summed E-state index contributed by atoms with van der Waals surface area (Å²) in [5.41, 5.74) is -0.430. The van der Waals surface area contributed by atoms with E-state index < -0.39 is 17.7 Å². The van der Waals surface area contributed by atoms with Crippen LogP contribution in [0.25, 0.3) is 0 Å². The largest absolute Gasteiger partial charge is 0.438 e. The van der Waals surface area contributed by atoms with E-state index in [-0.39, 0.29) is 12.4 Å². The summed E-state index contributed by atoms with van der Waals surface area (Å²) in [6.45, 7) is 6.30. The highest BCUT2D eigenvalue weighted by Gasteiger charge is 2.50.